The van der Waals surface area contributed by atoms with Crippen molar-refractivity contribution >= 4 is 19.5 Å². The smallest absolute Gasteiger partial charge is 0.347 e. The van der Waals surface area contributed by atoms with Crippen molar-refractivity contribution < 1.29 is 32.4 Å². The van der Waals surface area contributed by atoms with Crippen molar-refractivity contribution in [2.45, 2.75) is 19.7 Å². The van der Waals surface area contributed by atoms with Gasteiger partial charge in [-0.25, -0.2) is 13.8 Å². The van der Waals surface area contributed by atoms with E-state index in [9.17, 15) is 18.6 Å². The number of aromatic nitrogens is 4. The summed E-state index contributed by atoms with van der Waals surface area (Å²) in [5, 5.41) is 6.84. The fourth-order valence-corrected chi connectivity index (χ4v) is 3.49. The minimum absolute atomic E-state index is 0.126. The fraction of sp³-hybridized carbons (Fsp3) is 0.143. The highest BCUT2D eigenvalue weighted by Gasteiger charge is 2.18. The number of benzene rings is 1. The highest BCUT2D eigenvalue weighted by molar-refractivity contribution is 7.44. The summed E-state index contributed by atoms with van der Waals surface area (Å²) in [4.78, 5) is 36.6. The molecule has 0 spiro atoms. The molecule has 0 aliphatic heterocycles. The van der Waals surface area contributed by atoms with E-state index in [0.717, 1.165) is 17.3 Å². The number of nitrogen functional groups attached to an aromatic ring is 1. The van der Waals surface area contributed by atoms with E-state index in [2.05, 4.69) is 25.0 Å². The van der Waals surface area contributed by atoms with Gasteiger partial charge < -0.3 is 24.6 Å². The number of hydrogen-bond acceptors (Lipinski definition) is 9. The van der Waals surface area contributed by atoms with Crippen molar-refractivity contribution in [1.82, 2.24) is 15.1 Å². The topological polar surface area (TPSA) is 183 Å². The average molecular weight is 502 g/mol. The van der Waals surface area contributed by atoms with Crippen LogP contribution in [0.1, 0.15) is 16.8 Å². The number of H-pyrrole nitrogens is 1. The summed E-state index contributed by atoms with van der Waals surface area (Å²) in [5.74, 6) is -0.250. The molecule has 12 nitrogen and oxygen atoms in total. The Bertz CT molecular complexity index is 1430. The quantitative estimate of drug-likeness (QED) is 0.191. The minimum Gasteiger partial charge on any atom is -0.756 e. The van der Waals surface area contributed by atoms with Crippen molar-refractivity contribution in [3.8, 4) is 11.3 Å². The first-order valence-electron chi connectivity index (χ1n) is 10.2. The van der Waals surface area contributed by atoms with E-state index in [1.807, 2.05) is 24.3 Å². The zero-order valence-electron chi connectivity index (χ0n) is 18.1. The summed E-state index contributed by atoms with van der Waals surface area (Å²) < 4.78 is 35.6. The Labute approximate surface area is 197 Å². The van der Waals surface area contributed by atoms with Crippen LogP contribution in [0, 0.1) is 5.82 Å². The number of rotatable bonds is 9. The number of nitrogens with two attached hydrogens (primary N) is 1. The Morgan fingerprint density at radius 3 is 2.77 bits per heavy atom. The zero-order chi connectivity index (χ0) is 25.0. The maximum absolute atomic E-state index is 13.7. The molecular weight excluding hydrogens is 482 g/mol. The fourth-order valence-electron chi connectivity index (χ4n) is 3.22. The molecule has 14 heteroatoms. The Balaban J connectivity index is 1.41. The number of anilines is 2. The van der Waals surface area contributed by atoms with Crippen LogP contribution < -0.4 is 26.2 Å². The maximum Gasteiger partial charge on any atom is 0.347 e. The molecule has 0 amide bonds. The number of phosphoric ester groups is 1. The second kappa shape index (κ2) is 10.2. The second-order valence-corrected chi connectivity index (χ2v) is 8.63. The van der Waals surface area contributed by atoms with Crippen LogP contribution >= 0.6 is 7.82 Å². The van der Waals surface area contributed by atoms with Gasteiger partial charge in [-0.3, -0.25) is 14.8 Å². The van der Waals surface area contributed by atoms with Gasteiger partial charge in [0, 0.05) is 25.2 Å². The molecule has 3 heterocycles. The van der Waals surface area contributed by atoms with Crippen molar-refractivity contribution in [2.24, 2.45) is 0 Å². The molecular formula is C21H20FN6O6P. The molecule has 3 aromatic heterocycles. The van der Waals surface area contributed by atoms with E-state index < -0.39 is 26.1 Å². The van der Waals surface area contributed by atoms with Crippen LogP contribution in [0.2, 0.25) is 0 Å². The molecule has 1 atom stereocenters. The molecule has 0 bridgehead atoms. The third kappa shape index (κ3) is 6.37. The van der Waals surface area contributed by atoms with Crippen LogP contribution in [0.3, 0.4) is 0 Å². The van der Waals surface area contributed by atoms with Gasteiger partial charge in [-0.2, -0.15) is 4.98 Å². The van der Waals surface area contributed by atoms with Crippen LogP contribution in [0.4, 0.5) is 16.0 Å². The third-order valence-electron chi connectivity index (χ3n) is 4.93. The predicted molar refractivity (Wildman–Crippen MR) is 119 cm³/mol. The maximum atomic E-state index is 13.7. The minimum atomic E-state index is -4.90. The Morgan fingerprint density at radius 2 is 2.03 bits per heavy atom. The molecule has 0 fully saturated rings. The number of halogens is 1. The van der Waals surface area contributed by atoms with Crippen LogP contribution in [-0.4, -0.2) is 20.0 Å². The molecule has 0 radical (unpaired) electrons. The molecule has 1 aromatic carbocycles. The predicted octanol–water partition coefficient (Wildman–Crippen LogP) is 1.07. The number of phosphoric acid groups is 1. The van der Waals surface area contributed by atoms with Crippen LogP contribution in [0.25, 0.3) is 11.3 Å². The molecule has 0 aliphatic rings. The first-order chi connectivity index (χ1) is 16.7. The number of nitrogens with one attached hydrogen (secondary N) is 2. The van der Waals surface area contributed by atoms with Gasteiger partial charge in [0.25, 0.3) is 13.6 Å². The summed E-state index contributed by atoms with van der Waals surface area (Å²) in [6, 6.07) is 12.5. The van der Waals surface area contributed by atoms with Gasteiger partial charge in [0.05, 0.1) is 11.9 Å². The van der Waals surface area contributed by atoms with Crippen molar-refractivity contribution in [3.05, 3.63) is 88.0 Å². The Morgan fingerprint density at radius 1 is 1.29 bits per heavy atom. The van der Waals surface area contributed by atoms with Gasteiger partial charge in [0.15, 0.2) is 24.1 Å². The van der Waals surface area contributed by atoms with E-state index in [1.165, 1.54) is 10.8 Å². The molecule has 0 saturated carbocycles. The van der Waals surface area contributed by atoms with E-state index >= 15 is 0 Å². The zero-order valence-corrected chi connectivity index (χ0v) is 18.9. The molecule has 4 rings (SSSR count). The molecule has 182 valence electrons. The lowest BCUT2D eigenvalue weighted by Crippen LogP contribution is -2.38. The molecule has 1 unspecified atom stereocenters. The average Bonchev–Trinajstić information content (AvgIpc) is 3.27. The van der Waals surface area contributed by atoms with Crippen molar-refractivity contribution in [3.63, 3.8) is 0 Å². The first kappa shape index (κ1) is 24.2. The van der Waals surface area contributed by atoms with Crippen molar-refractivity contribution in [1.29, 1.82) is 0 Å². The van der Waals surface area contributed by atoms with E-state index in [-0.39, 0.29) is 18.2 Å². The molecule has 4 aromatic rings. The first-order valence-corrected chi connectivity index (χ1v) is 11.7. The molecule has 0 aliphatic carbocycles. The van der Waals surface area contributed by atoms with Gasteiger partial charge in [-0.05, 0) is 23.3 Å². The molecule has 5 N–H and O–H groups in total. The largest absolute Gasteiger partial charge is 0.756 e. The van der Waals surface area contributed by atoms with E-state index in [1.54, 1.807) is 18.2 Å². The lowest BCUT2D eigenvalue weighted by atomic mass is 10.1. The Hall–Kier alpha value is -3.90. The number of aromatic amines is 1. The third-order valence-corrected chi connectivity index (χ3v) is 5.37. The number of hydrogen-bond donors (Lipinski definition) is 4. The summed E-state index contributed by atoms with van der Waals surface area (Å²) in [6.07, 6.45) is 2.90. The molecule has 0 saturated heterocycles. The van der Waals surface area contributed by atoms with Gasteiger partial charge >= 0.3 is 5.69 Å². The molecule has 35 heavy (non-hydrogen) atoms. The standard InChI is InChI=1S/C21H20FN6O6P/c22-17-11-25-21(29)26-20(17)24-10-14-5-3-13(4-6-14)8-15-9-18(34-27-15)16-2-1-7-28(19(16)23)12-33-35(30,31)32/h1-7,9,11,23H,8,10,12H2,(H4,24,25,26,29,30,31,32). The van der Waals surface area contributed by atoms with Gasteiger partial charge in [0.2, 0.25) is 0 Å². The van der Waals surface area contributed by atoms with Crippen LogP contribution in [0.15, 0.2) is 64.2 Å². The lowest BCUT2D eigenvalue weighted by Gasteiger charge is -2.14. The summed E-state index contributed by atoms with van der Waals surface area (Å²) in [7, 11) is -4.90. The van der Waals surface area contributed by atoms with E-state index in [4.69, 9.17) is 15.2 Å². The van der Waals surface area contributed by atoms with E-state index in [0.29, 0.717) is 23.4 Å². The van der Waals surface area contributed by atoms with Crippen LogP contribution in [0.5, 0.6) is 0 Å². The summed E-state index contributed by atoms with van der Waals surface area (Å²) >= 11 is 0. The summed E-state index contributed by atoms with van der Waals surface area (Å²) in [5.41, 5.74) is 8.33. The van der Waals surface area contributed by atoms with Crippen LogP contribution in [-0.2, 0) is 28.8 Å². The van der Waals surface area contributed by atoms with Gasteiger partial charge in [-0.15, -0.1) is 0 Å². The Kier molecular flexibility index (Phi) is 7.03. The monoisotopic (exact) mass is 502 g/mol. The number of pyridine rings is 1. The van der Waals surface area contributed by atoms with Crippen molar-refractivity contribution in [2.75, 3.05) is 11.1 Å². The SMILES string of the molecule is Nc1c(-c2cc(Cc3ccc(CNc4nc(=O)[nH]cc4F)cc3)no2)ccc[n+]1COP(=O)([O-])O. The summed E-state index contributed by atoms with van der Waals surface area (Å²) in [6.45, 7) is -0.223. The lowest BCUT2D eigenvalue weighted by molar-refractivity contribution is -0.712. The van der Waals surface area contributed by atoms with Gasteiger partial charge in [-0.1, -0.05) is 29.4 Å². The highest BCUT2D eigenvalue weighted by atomic mass is 31.2. The van der Waals surface area contributed by atoms with Gasteiger partial charge in [0.1, 0.15) is 5.56 Å². The number of nitrogens with zero attached hydrogens (tertiary/aromatic N) is 3. The second-order valence-electron chi connectivity index (χ2n) is 7.44. The highest BCUT2D eigenvalue weighted by Crippen LogP contribution is 2.30. The normalized spacial score (nSPS) is 12.9.